The first-order valence-electron chi connectivity index (χ1n) is 10.7. The molecule has 164 valence electrons. The van der Waals surface area contributed by atoms with Crippen molar-refractivity contribution >= 4 is 17.7 Å². The number of aryl methyl sites for hydroxylation is 2. The lowest BCUT2D eigenvalue weighted by atomic mass is 10.1. The van der Waals surface area contributed by atoms with Gasteiger partial charge in [0, 0.05) is 30.6 Å². The predicted octanol–water partition coefficient (Wildman–Crippen LogP) is 3.13. The fourth-order valence-corrected chi connectivity index (χ4v) is 3.87. The molecule has 3 aromatic rings. The highest BCUT2D eigenvalue weighted by atomic mass is 16.2. The zero-order valence-electron chi connectivity index (χ0n) is 18.3. The molecule has 1 aliphatic heterocycles. The third-order valence-electron chi connectivity index (χ3n) is 5.59. The van der Waals surface area contributed by atoms with E-state index in [1.165, 1.54) is 4.90 Å². The summed E-state index contributed by atoms with van der Waals surface area (Å²) in [7, 11) is 0. The first-order valence-corrected chi connectivity index (χ1v) is 10.7. The highest BCUT2D eigenvalue weighted by Crippen LogP contribution is 2.16. The predicted molar refractivity (Wildman–Crippen MR) is 120 cm³/mol. The van der Waals surface area contributed by atoms with Crippen LogP contribution in [0, 0.1) is 13.8 Å². The molecule has 4 rings (SSSR count). The van der Waals surface area contributed by atoms with Crippen molar-refractivity contribution in [2.24, 2.45) is 0 Å². The Hall–Kier alpha value is -3.74. The van der Waals surface area contributed by atoms with Crippen LogP contribution in [0.15, 0.2) is 54.6 Å². The van der Waals surface area contributed by atoms with Gasteiger partial charge in [-0.1, -0.05) is 36.4 Å². The summed E-state index contributed by atoms with van der Waals surface area (Å²) >= 11 is 0. The molecule has 0 spiro atoms. The number of aromatic nitrogens is 2. The maximum Gasteiger partial charge on any atom is 0.251 e. The molecule has 3 amide bonds. The van der Waals surface area contributed by atoms with Crippen LogP contribution in [0.4, 0.5) is 0 Å². The molecule has 2 aromatic carbocycles. The van der Waals surface area contributed by atoms with E-state index < -0.39 is 0 Å². The van der Waals surface area contributed by atoms with Gasteiger partial charge in [0.25, 0.3) is 5.91 Å². The SMILES string of the molecule is Cc1cc(C)n(Cc2cccc(CNC(=O)c3ccc(CN4C(=O)CCC4=O)cc3)c2)n1. The van der Waals surface area contributed by atoms with E-state index in [2.05, 4.69) is 28.6 Å². The number of imide groups is 1. The van der Waals surface area contributed by atoms with Crippen molar-refractivity contribution in [2.75, 3.05) is 0 Å². The van der Waals surface area contributed by atoms with Crippen molar-refractivity contribution < 1.29 is 14.4 Å². The number of carbonyl (C=O) groups excluding carboxylic acids is 3. The standard InChI is InChI=1S/C25H26N4O3/c1-17-12-18(2)29(27-17)16-21-5-3-4-20(13-21)14-26-25(32)22-8-6-19(7-9-22)15-28-23(30)10-11-24(28)31/h3-9,12-13H,10-11,14-16H2,1-2H3,(H,26,32). The van der Waals surface area contributed by atoms with Gasteiger partial charge in [-0.2, -0.15) is 5.10 Å². The van der Waals surface area contributed by atoms with Crippen LogP contribution in [0.25, 0.3) is 0 Å². The third-order valence-corrected chi connectivity index (χ3v) is 5.59. The van der Waals surface area contributed by atoms with E-state index in [9.17, 15) is 14.4 Å². The van der Waals surface area contributed by atoms with Crippen LogP contribution >= 0.6 is 0 Å². The molecule has 1 fully saturated rings. The molecule has 1 N–H and O–H groups in total. The number of carbonyl (C=O) groups is 3. The van der Waals surface area contributed by atoms with Crippen LogP contribution in [0.2, 0.25) is 0 Å². The molecular weight excluding hydrogens is 404 g/mol. The van der Waals surface area contributed by atoms with Gasteiger partial charge in [-0.05, 0) is 48.7 Å². The Morgan fingerprint density at radius 3 is 2.25 bits per heavy atom. The van der Waals surface area contributed by atoms with Crippen LogP contribution in [-0.2, 0) is 29.2 Å². The smallest absolute Gasteiger partial charge is 0.251 e. The van der Waals surface area contributed by atoms with Gasteiger partial charge in [0.2, 0.25) is 11.8 Å². The van der Waals surface area contributed by atoms with Gasteiger partial charge < -0.3 is 5.32 Å². The maximum atomic E-state index is 12.6. The second-order valence-corrected chi connectivity index (χ2v) is 8.16. The average molecular weight is 431 g/mol. The molecule has 0 atom stereocenters. The fraction of sp³-hybridized carbons (Fsp3) is 0.280. The highest BCUT2D eigenvalue weighted by Gasteiger charge is 2.28. The Kier molecular flexibility index (Phi) is 6.16. The second kappa shape index (κ2) is 9.18. The van der Waals surface area contributed by atoms with Crippen LogP contribution < -0.4 is 5.32 Å². The minimum absolute atomic E-state index is 0.142. The van der Waals surface area contributed by atoms with Crippen LogP contribution in [0.5, 0.6) is 0 Å². The van der Waals surface area contributed by atoms with Crippen molar-refractivity contribution in [2.45, 2.75) is 46.3 Å². The number of hydrogen-bond donors (Lipinski definition) is 1. The average Bonchev–Trinajstić information content (AvgIpc) is 3.27. The highest BCUT2D eigenvalue weighted by molar-refractivity contribution is 6.01. The Bertz CT molecular complexity index is 1150. The third kappa shape index (κ3) is 4.94. The Morgan fingerprint density at radius 2 is 1.59 bits per heavy atom. The minimum atomic E-state index is -0.172. The first-order chi connectivity index (χ1) is 15.4. The van der Waals surface area contributed by atoms with Crippen molar-refractivity contribution in [1.29, 1.82) is 0 Å². The quantitative estimate of drug-likeness (QED) is 0.584. The summed E-state index contributed by atoms with van der Waals surface area (Å²) in [6.45, 7) is 5.37. The maximum absolute atomic E-state index is 12.6. The Labute approximate surface area is 187 Å². The molecular formula is C25H26N4O3. The van der Waals surface area contributed by atoms with E-state index in [4.69, 9.17) is 0 Å². The molecule has 7 nitrogen and oxygen atoms in total. The number of hydrogen-bond acceptors (Lipinski definition) is 4. The molecule has 1 aromatic heterocycles. The van der Waals surface area contributed by atoms with Gasteiger partial charge >= 0.3 is 0 Å². The fourth-order valence-electron chi connectivity index (χ4n) is 3.87. The van der Waals surface area contributed by atoms with Gasteiger partial charge in [-0.3, -0.25) is 24.0 Å². The van der Waals surface area contributed by atoms with Gasteiger partial charge in [0.05, 0.1) is 18.8 Å². The summed E-state index contributed by atoms with van der Waals surface area (Å²) in [6.07, 6.45) is 0.559. The molecule has 0 aliphatic carbocycles. The van der Waals surface area contributed by atoms with Crippen LogP contribution in [0.3, 0.4) is 0 Å². The zero-order valence-corrected chi connectivity index (χ0v) is 18.3. The van der Waals surface area contributed by atoms with Gasteiger partial charge in [-0.25, -0.2) is 0 Å². The summed E-state index contributed by atoms with van der Waals surface area (Å²) in [5.41, 5.74) is 5.60. The molecule has 1 aliphatic rings. The molecule has 2 heterocycles. The molecule has 0 bridgehead atoms. The number of nitrogens with one attached hydrogen (secondary N) is 1. The lowest BCUT2D eigenvalue weighted by molar-refractivity contribution is -0.139. The number of benzene rings is 2. The molecule has 0 radical (unpaired) electrons. The Balaban J connectivity index is 1.34. The summed E-state index contributed by atoms with van der Waals surface area (Å²) in [5.74, 6) is -0.456. The summed E-state index contributed by atoms with van der Waals surface area (Å²) in [6, 6.07) is 17.1. The van der Waals surface area contributed by atoms with E-state index in [0.717, 1.165) is 28.1 Å². The summed E-state index contributed by atoms with van der Waals surface area (Å²) in [4.78, 5) is 37.4. The topological polar surface area (TPSA) is 84.3 Å². The number of nitrogens with zero attached hydrogens (tertiary/aromatic N) is 3. The largest absolute Gasteiger partial charge is 0.348 e. The lowest BCUT2D eigenvalue weighted by Crippen LogP contribution is -2.28. The summed E-state index contributed by atoms with van der Waals surface area (Å²) < 4.78 is 1.97. The second-order valence-electron chi connectivity index (χ2n) is 8.16. The van der Waals surface area contributed by atoms with Crippen molar-refractivity contribution in [3.63, 3.8) is 0 Å². The number of likely N-dealkylation sites (tertiary alicyclic amines) is 1. The molecule has 1 saturated heterocycles. The normalized spacial score (nSPS) is 13.6. The van der Waals surface area contributed by atoms with Crippen molar-refractivity contribution in [1.82, 2.24) is 20.0 Å². The van der Waals surface area contributed by atoms with Crippen molar-refractivity contribution in [3.8, 4) is 0 Å². The van der Waals surface area contributed by atoms with Crippen molar-refractivity contribution in [3.05, 3.63) is 88.2 Å². The van der Waals surface area contributed by atoms with E-state index >= 15 is 0 Å². The van der Waals surface area contributed by atoms with E-state index in [0.29, 0.717) is 18.7 Å². The van der Waals surface area contributed by atoms with Crippen LogP contribution in [0.1, 0.15) is 51.3 Å². The van der Waals surface area contributed by atoms with E-state index in [1.807, 2.05) is 30.7 Å². The van der Waals surface area contributed by atoms with Gasteiger partial charge in [0.15, 0.2) is 0 Å². The molecule has 32 heavy (non-hydrogen) atoms. The summed E-state index contributed by atoms with van der Waals surface area (Å²) in [5, 5.41) is 7.45. The zero-order chi connectivity index (χ0) is 22.7. The molecule has 7 heteroatoms. The van der Waals surface area contributed by atoms with Gasteiger partial charge in [-0.15, -0.1) is 0 Å². The number of rotatable bonds is 7. The molecule has 0 saturated carbocycles. The van der Waals surface area contributed by atoms with E-state index in [1.54, 1.807) is 24.3 Å². The lowest BCUT2D eigenvalue weighted by Gasteiger charge is -2.14. The van der Waals surface area contributed by atoms with Gasteiger partial charge in [0.1, 0.15) is 0 Å². The Morgan fingerprint density at radius 1 is 0.906 bits per heavy atom. The minimum Gasteiger partial charge on any atom is -0.348 e. The first kappa shape index (κ1) is 21.5. The molecule has 0 unspecified atom stereocenters. The number of amides is 3. The monoisotopic (exact) mass is 430 g/mol. The van der Waals surface area contributed by atoms with E-state index in [-0.39, 0.29) is 37.1 Å². The van der Waals surface area contributed by atoms with Crippen LogP contribution in [-0.4, -0.2) is 32.4 Å².